The van der Waals surface area contributed by atoms with E-state index < -0.39 is 16.1 Å². The standard InChI is InChI=1S/C29H28N2O3S/c1-21-17-19-24(20-18-21)35(33,34)31(3)27-16-10-9-15-26(27)29(32)30-28(23-12-5-4-6-13-23)25-14-8-7-11-22(25)2/h4-20,28H,1-3H3,(H,30,32)/t28-/m1/s1. The maximum Gasteiger partial charge on any atom is 0.264 e. The molecule has 0 bridgehead atoms. The van der Waals surface area contributed by atoms with Gasteiger partial charge in [-0.05, 0) is 54.8 Å². The molecule has 0 spiro atoms. The molecule has 1 N–H and O–H groups in total. The number of hydrogen-bond donors (Lipinski definition) is 1. The molecule has 0 unspecified atom stereocenters. The smallest absolute Gasteiger partial charge is 0.264 e. The van der Waals surface area contributed by atoms with Gasteiger partial charge in [0.2, 0.25) is 0 Å². The van der Waals surface area contributed by atoms with Gasteiger partial charge in [-0.25, -0.2) is 8.42 Å². The molecular weight excluding hydrogens is 456 g/mol. The number of para-hydroxylation sites is 1. The van der Waals surface area contributed by atoms with Crippen LogP contribution in [0.4, 0.5) is 5.69 Å². The van der Waals surface area contributed by atoms with E-state index in [9.17, 15) is 13.2 Å². The number of aryl methyl sites for hydroxylation is 2. The van der Waals surface area contributed by atoms with Gasteiger partial charge in [0.15, 0.2) is 0 Å². The highest BCUT2D eigenvalue weighted by atomic mass is 32.2. The van der Waals surface area contributed by atoms with E-state index in [-0.39, 0.29) is 16.4 Å². The lowest BCUT2D eigenvalue weighted by Crippen LogP contribution is -2.33. The minimum atomic E-state index is -3.85. The van der Waals surface area contributed by atoms with Gasteiger partial charge in [-0.1, -0.05) is 84.4 Å². The molecule has 35 heavy (non-hydrogen) atoms. The molecule has 1 atom stereocenters. The Bertz CT molecular complexity index is 1430. The van der Waals surface area contributed by atoms with E-state index in [1.54, 1.807) is 48.5 Å². The zero-order valence-corrected chi connectivity index (χ0v) is 20.8. The van der Waals surface area contributed by atoms with Gasteiger partial charge in [0.05, 0.1) is 22.2 Å². The molecule has 0 radical (unpaired) electrons. The number of sulfonamides is 1. The summed E-state index contributed by atoms with van der Waals surface area (Å²) in [5.41, 5.74) is 4.52. The lowest BCUT2D eigenvalue weighted by atomic mass is 9.94. The van der Waals surface area contributed by atoms with E-state index in [2.05, 4.69) is 5.32 Å². The van der Waals surface area contributed by atoms with Gasteiger partial charge >= 0.3 is 0 Å². The van der Waals surface area contributed by atoms with Crippen LogP contribution < -0.4 is 9.62 Å². The van der Waals surface area contributed by atoms with E-state index in [1.807, 2.05) is 68.4 Å². The highest BCUT2D eigenvalue weighted by Crippen LogP contribution is 2.29. The van der Waals surface area contributed by atoms with Gasteiger partial charge in [0, 0.05) is 7.05 Å². The molecule has 0 saturated heterocycles. The fraction of sp³-hybridized carbons (Fsp3) is 0.138. The quantitative estimate of drug-likeness (QED) is 0.369. The van der Waals surface area contributed by atoms with Crippen LogP contribution in [0.1, 0.15) is 38.7 Å². The van der Waals surface area contributed by atoms with Crippen LogP contribution in [0.25, 0.3) is 0 Å². The van der Waals surface area contributed by atoms with Crippen LogP contribution in [0.2, 0.25) is 0 Å². The first-order valence-corrected chi connectivity index (χ1v) is 12.8. The number of carbonyl (C=O) groups excluding carboxylic acids is 1. The first-order valence-electron chi connectivity index (χ1n) is 11.3. The summed E-state index contributed by atoms with van der Waals surface area (Å²) in [4.78, 5) is 13.8. The number of nitrogens with one attached hydrogen (secondary N) is 1. The van der Waals surface area contributed by atoms with Crippen molar-refractivity contribution in [2.75, 3.05) is 11.4 Å². The van der Waals surface area contributed by atoms with Crippen molar-refractivity contribution in [1.82, 2.24) is 5.32 Å². The third-order valence-corrected chi connectivity index (χ3v) is 7.86. The maximum atomic E-state index is 13.6. The van der Waals surface area contributed by atoms with Gasteiger partial charge in [0.1, 0.15) is 0 Å². The van der Waals surface area contributed by atoms with Crippen molar-refractivity contribution in [2.24, 2.45) is 0 Å². The molecule has 5 nitrogen and oxygen atoms in total. The van der Waals surface area contributed by atoms with Crippen LogP contribution in [-0.4, -0.2) is 21.4 Å². The largest absolute Gasteiger partial charge is 0.341 e. The van der Waals surface area contributed by atoms with Crippen molar-refractivity contribution in [1.29, 1.82) is 0 Å². The third-order valence-electron chi connectivity index (χ3n) is 6.08. The molecule has 0 heterocycles. The van der Waals surface area contributed by atoms with Crippen molar-refractivity contribution in [3.8, 4) is 0 Å². The van der Waals surface area contributed by atoms with Crippen molar-refractivity contribution in [2.45, 2.75) is 24.8 Å². The topological polar surface area (TPSA) is 66.5 Å². The monoisotopic (exact) mass is 484 g/mol. The average molecular weight is 485 g/mol. The number of carbonyl (C=O) groups is 1. The highest BCUT2D eigenvalue weighted by Gasteiger charge is 2.26. The molecule has 0 saturated carbocycles. The molecule has 1 amide bonds. The summed E-state index contributed by atoms with van der Waals surface area (Å²) in [6, 6.07) is 30.7. The van der Waals surface area contributed by atoms with E-state index in [0.717, 1.165) is 26.6 Å². The van der Waals surface area contributed by atoms with Crippen molar-refractivity contribution >= 4 is 21.6 Å². The Balaban J connectivity index is 1.71. The maximum absolute atomic E-state index is 13.6. The van der Waals surface area contributed by atoms with Gasteiger partial charge in [-0.15, -0.1) is 0 Å². The highest BCUT2D eigenvalue weighted by molar-refractivity contribution is 7.92. The fourth-order valence-corrected chi connectivity index (χ4v) is 5.26. The summed E-state index contributed by atoms with van der Waals surface area (Å²) >= 11 is 0. The van der Waals surface area contributed by atoms with Crippen LogP contribution >= 0.6 is 0 Å². The summed E-state index contributed by atoms with van der Waals surface area (Å²) in [5.74, 6) is -0.358. The molecular formula is C29H28N2O3S. The second-order valence-electron chi connectivity index (χ2n) is 8.48. The van der Waals surface area contributed by atoms with Gasteiger partial charge in [-0.3, -0.25) is 9.10 Å². The molecule has 4 rings (SSSR count). The summed E-state index contributed by atoms with van der Waals surface area (Å²) in [7, 11) is -2.38. The lowest BCUT2D eigenvalue weighted by molar-refractivity contribution is 0.0943. The van der Waals surface area contributed by atoms with Crippen molar-refractivity contribution < 1.29 is 13.2 Å². The zero-order chi connectivity index (χ0) is 25.0. The Labute approximate surface area is 207 Å². The minimum Gasteiger partial charge on any atom is -0.341 e. The molecule has 0 aliphatic carbocycles. The first kappa shape index (κ1) is 24.2. The van der Waals surface area contributed by atoms with E-state index in [4.69, 9.17) is 0 Å². The van der Waals surface area contributed by atoms with Crippen LogP contribution in [0.5, 0.6) is 0 Å². The van der Waals surface area contributed by atoms with Crippen molar-refractivity contribution in [3.05, 3.63) is 131 Å². The number of hydrogen-bond acceptors (Lipinski definition) is 3. The average Bonchev–Trinajstić information content (AvgIpc) is 2.88. The summed E-state index contributed by atoms with van der Waals surface area (Å²) < 4.78 is 27.8. The number of benzene rings is 4. The Kier molecular flexibility index (Phi) is 7.03. The van der Waals surface area contributed by atoms with Crippen LogP contribution in [0, 0.1) is 13.8 Å². The first-order chi connectivity index (χ1) is 16.8. The van der Waals surface area contributed by atoms with Crippen LogP contribution in [0.3, 0.4) is 0 Å². The lowest BCUT2D eigenvalue weighted by Gasteiger charge is -2.25. The van der Waals surface area contributed by atoms with Gasteiger partial charge in [0.25, 0.3) is 15.9 Å². The molecule has 0 aliphatic heterocycles. The molecule has 6 heteroatoms. The second-order valence-corrected chi connectivity index (χ2v) is 10.4. The molecule has 0 aliphatic rings. The normalized spacial score (nSPS) is 12.1. The number of anilines is 1. The van der Waals surface area contributed by atoms with Gasteiger partial charge < -0.3 is 5.32 Å². The second kappa shape index (κ2) is 10.2. The van der Waals surface area contributed by atoms with E-state index in [1.165, 1.54) is 7.05 Å². The molecule has 4 aromatic carbocycles. The van der Waals surface area contributed by atoms with Crippen molar-refractivity contribution in [3.63, 3.8) is 0 Å². The number of rotatable bonds is 7. The number of amides is 1. The summed E-state index contributed by atoms with van der Waals surface area (Å²) in [6.07, 6.45) is 0. The van der Waals surface area contributed by atoms with E-state index >= 15 is 0 Å². The van der Waals surface area contributed by atoms with Crippen LogP contribution in [-0.2, 0) is 10.0 Å². The fourth-order valence-electron chi connectivity index (χ4n) is 4.04. The van der Waals surface area contributed by atoms with Crippen LogP contribution in [0.15, 0.2) is 108 Å². The molecule has 0 aromatic heterocycles. The third kappa shape index (κ3) is 5.12. The SMILES string of the molecule is Cc1ccc(S(=O)(=O)N(C)c2ccccc2C(=O)N[C@H](c2ccccc2)c2ccccc2C)cc1. The van der Waals surface area contributed by atoms with E-state index in [0.29, 0.717) is 5.69 Å². The summed E-state index contributed by atoms with van der Waals surface area (Å²) in [5, 5.41) is 3.14. The summed E-state index contributed by atoms with van der Waals surface area (Å²) in [6.45, 7) is 3.91. The minimum absolute atomic E-state index is 0.169. The molecule has 4 aromatic rings. The Morgan fingerprint density at radius 1 is 0.771 bits per heavy atom. The Hall–Kier alpha value is -3.90. The predicted molar refractivity (Wildman–Crippen MR) is 140 cm³/mol. The predicted octanol–water partition coefficient (Wildman–Crippen LogP) is 5.65. The zero-order valence-electron chi connectivity index (χ0n) is 20.0. The molecule has 0 fully saturated rings. The Morgan fingerprint density at radius 2 is 1.37 bits per heavy atom. The molecule has 178 valence electrons. The van der Waals surface area contributed by atoms with Gasteiger partial charge in [-0.2, -0.15) is 0 Å². The Morgan fingerprint density at radius 3 is 2.06 bits per heavy atom. The number of nitrogens with zero attached hydrogens (tertiary/aromatic N) is 1.